The number of nitrogens with one attached hydrogen (secondary N) is 1. The largest absolute Gasteiger partial charge is 0.288 e. The monoisotopic (exact) mass is 517 g/mol. The number of quaternary nitrogens is 1. The first-order valence-corrected chi connectivity index (χ1v) is 13.9. The fourth-order valence-electron chi connectivity index (χ4n) is 7.54. The highest BCUT2D eigenvalue weighted by Gasteiger charge is 2.78. The van der Waals surface area contributed by atoms with Crippen LogP contribution >= 0.6 is 0 Å². The highest BCUT2D eigenvalue weighted by atomic mass is 16.5. The van der Waals surface area contributed by atoms with Gasteiger partial charge in [-0.25, -0.2) is 15.4 Å². The van der Waals surface area contributed by atoms with Gasteiger partial charge < -0.3 is 0 Å². The zero-order valence-corrected chi connectivity index (χ0v) is 22.3. The van der Waals surface area contributed by atoms with Crippen molar-refractivity contribution in [2.75, 3.05) is 6.54 Å². The number of carbonyl (C=O) groups excluding carboxylic acids is 1. The van der Waals surface area contributed by atoms with Crippen LogP contribution in [0.2, 0.25) is 0 Å². The number of hydroxylamine groups is 1. The number of para-hydroxylation sites is 2. The average Bonchev–Trinajstić information content (AvgIpc) is 3.64. The number of hydrogen-bond donors (Lipinski definition) is 2. The maximum atomic E-state index is 11.9. The van der Waals surface area contributed by atoms with Gasteiger partial charge in [0.25, 0.3) is 5.91 Å². The summed E-state index contributed by atoms with van der Waals surface area (Å²) >= 11 is 0. The van der Waals surface area contributed by atoms with E-state index in [-0.39, 0.29) is 11.6 Å². The minimum Gasteiger partial charge on any atom is -0.288 e. The molecule has 0 radical (unpaired) electrons. The lowest BCUT2D eigenvalue weighted by atomic mass is 9.67. The fourth-order valence-corrected chi connectivity index (χ4v) is 7.54. The molecule has 4 aromatic rings. The Hall–Kier alpha value is -3.87. The summed E-state index contributed by atoms with van der Waals surface area (Å²) in [4.78, 5) is 22.2. The van der Waals surface area contributed by atoms with E-state index in [4.69, 9.17) is 15.2 Å². The van der Waals surface area contributed by atoms with E-state index in [0.717, 1.165) is 45.4 Å². The van der Waals surface area contributed by atoms with Gasteiger partial charge in [-0.1, -0.05) is 61.5 Å². The minimum absolute atomic E-state index is 0.0919. The number of amides is 1. The number of rotatable bonds is 6. The van der Waals surface area contributed by atoms with Gasteiger partial charge in [0, 0.05) is 30.9 Å². The molecule has 1 amide bonds. The summed E-state index contributed by atoms with van der Waals surface area (Å²) in [5, 5.41) is 11.6. The Morgan fingerprint density at radius 2 is 1.79 bits per heavy atom. The van der Waals surface area contributed by atoms with Gasteiger partial charge in [0.1, 0.15) is 24.5 Å². The van der Waals surface area contributed by atoms with Crippen LogP contribution in [0.3, 0.4) is 0 Å². The van der Waals surface area contributed by atoms with Crippen LogP contribution in [-0.4, -0.2) is 37.6 Å². The highest BCUT2D eigenvalue weighted by molar-refractivity contribution is 5.87. The molecule has 6 heteroatoms. The Morgan fingerprint density at radius 3 is 2.59 bits per heavy atom. The van der Waals surface area contributed by atoms with E-state index in [2.05, 4.69) is 68.6 Å². The quantitative estimate of drug-likeness (QED) is 0.109. The summed E-state index contributed by atoms with van der Waals surface area (Å²) in [6.07, 6.45) is 8.97. The van der Waals surface area contributed by atoms with Crippen LogP contribution in [0.1, 0.15) is 42.8 Å². The van der Waals surface area contributed by atoms with Gasteiger partial charge in [0.05, 0.1) is 16.7 Å². The third-order valence-electron chi connectivity index (χ3n) is 9.72. The number of allylic oxidation sites excluding steroid dienone is 2. The van der Waals surface area contributed by atoms with Crippen LogP contribution < -0.4 is 5.48 Å². The van der Waals surface area contributed by atoms with Crippen LogP contribution in [0.15, 0.2) is 90.7 Å². The maximum absolute atomic E-state index is 11.9. The second-order valence-electron chi connectivity index (χ2n) is 11.7. The Labute approximate surface area is 228 Å². The van der Waals surface area contributed by atoms with E-state index >= 15 is 0 Å². The lowest BCUT2D eigenvalue weighted by molar-refractivity contribution is -0.817. The zero-order chi connectivity index (χ0) is 26.8. The van der Waals surface area contributed by atoms with E-state index in [1.54, 1.807) is 5.48 Å². The maximum Gasteiger partial charge on any atom is 0.267 e. The number of carbonyl (C=O) groups is 1. The lowest BCUT2D eigenvalue weighted by Gasteiger charge is -2.39. The number of hydrogen-bond acceptors (Lipinski definition) is 4. The summed E-state index contributed by atoms with van der Waals surface area (Å²) in [6.45, 7) is 5.44. The van der Waals surface area contributed by atoms with Gasteiger partial charge in [0.15, 0.2) is 5.54 Å². The topological polar surface area (TPSA) is 75.1 Å². The normalized spacial score (nSPS) is 27.9. The summed E-state index contributed by atoms with van der Waals surface area (Å²) in [6, 6.07) is 23.4. The average molecular weight is 518 g/mol. The van der Waals surface area contributed by atoms with Gasteiger partial charge in [-0.15, -0.1) is 0 Å². The first kappa shape index (κ1) is 24.2. The van der Waals surface area contributed by atoms with E-state index in [1.165, 1.54) is 35.3 Å². The van der Waals surface area contributed by atoms with Crippen molar-refractivity contribution < 1.29 is 14.5 Å². The molecule has 2 fully saturated rings. The van der Waals surface area contributed by atoms with Crippen molar-refractivity contribution in [2.24, 2.45) is 11.8 Å². The van der Waals surface area contributed by atoms with Gasteiger partial charge in [-0.2, -0.15) is 0 Å². The molecule has 8 rings (SSSR count). The number of fused-ring (bicyclic) bond motifs is 3. The Bertz CT molecular complexity index is 1680. The van der Waals surface area contributed by atoms with E-state index in [9.17, 15) is 4.79 Å². The molecule has 1 spiro atoms. The summed E-state index contributed by atoms with van der Waals surface area (Å²) in [5.74, 6) is 0.445. The smallest absolute Gasteiger partial charge is 0.267 e. The van der Waals surface area contributed by atoms with Crippen molar-refractivity contribution in [1.29, 1.82) is 0 Å². The minimum atomic E-state index is -0.504. The molecule has 4 aliphatic rings. The third-order valence-corrected chi connectivity index (χ3v) is 9.72. The van der Waals surface area contributed by atoms with Gasteiger partial charge >= 0.3 is 0 Å². The Morgan fingerprint density at radius 1 is 1.08 bits per heavy atom. The number of aromatic nitrogens is 2. The Balaban J connectivity index is 1.42. The fraction of sp³-hybridized carbons (Fsp3) is 0.303. The summed E-state index contributed by atoms with van der Waals surface area (Å²) in [7, 11) is 0. The molecule has 39 heavy (non-hydrogen) atoms. The van der Waals surface area contributed by atoms with Crippen LogP contribution in [0.4, 0.5) is 0 Å². The van der Waals surface area contributed by atoms with Crippen molar-refractivity contribution in [1.82, 2.24) is 15.4 Å². The lowest BCUT2D eigenvalue weighted by Crippen LogP contribution is -2.44. The highest BCUT2D eigenvalue weighted by Crippen LogP contribution is 2.68. The molecule has 1 aliphatic carbocycles. The zero-order valence-electron chi connectivity index (χ0n) is 22.3. The predicted octanol–water partition coefficient (Wildman–Crippen LogP) is 5.95. The molecule has 3 aromatic carbocycles. The number of benzene rings is 3. The second kappa shape index (κ2) is 8.83. The molecule has 1 saturated heterocycles. The van der Waals surface area contributed by atoms with Crippen molar-refractivity contribution >= 4 is 27.7 Å². The van der Waals surface area contributed by atoms with Crippen LogP contribution in [0, 0.1) is 18.8 Å². The first-order chi connectivity index (χ1) is 18.9. The second-order valence-corrected chi connectivity index (χ2v) is 11.7. The standard InChI is InChI=1S/C33H32N4O2/c1-21-25(14-15-31(38)36-39)19-37(20-33(37)17-26(21)18-33)30(16-24-10-7-9-23-8-3-4-11-27(23)24)32-22(2)34-28-12-5-6-13-29(28)35-32/h3-15,19,21,26,30H,16-18,20H2,1-2H3,(H-,34,35,36,38,39)/p+1. The summed E-state index contributed by atoms with van der Waals surface area (Å²) < 4.78 is 0.839. The number of nitrogens with zero attached hydrogens (tertiary/aromatic N) is 3. The first-order valence-electron chi connectivity index (χ1n) is 13.9. The van der Waals surface area contributed by atoms with E-state index < -0.39 is 5.91 Å². The SMILES string of the molecule is Cc1nc2ccccc2nc1C(Cc1cccc2ccccc12)[N+]12C=C(C=CC(=O)NO)C(C)C3CC1(C3)C2. The van der Waals surface area contributed by atoms with Crippen LogP contribution in [0.5, 0.6) is 0 Å². The molecule has 6 nitrogen and oxygen atoms in total. The molecule has 1 saturated carbocycles. The molecule has 196 valence electrons. The van der Waals surface area contributed by atoms with Gasteiger partial charge in [0.2, 0.25) is 0 Å². The van der Waals surface area contributed by atoms with Crippen molar-refractivity contribution in [2.45, 2.75) is 44.7 Å². The third kappa shape index (κ3) is 3.73. The molecule has 2 N–H and O–H groups in total. The molecular formula is C33H33N4O2+. The van der Waals surface area contributed by atoms with E-state index in [1.807, 2.05) is 24.3 Å². The molecule has 4 heterocycles. The summed E-state index contributed by atoms with van der Waals surface area (Å²) in [5.41, 5.74) is 8.31. The number of aryl methyl sites for hydroxylation is 1. The molecular weight excluding hydrogens is 484 g/mol. The molecule has 2 bridgehead atoms. The predicted molar refractivity (Wildman–Crippen MR) is 152 cm³/mol. The molecule has 3 aliphatic heterocycles. The Kier molecular flexibility index (Phi) is 5.48. The van der Waals surface area contributed by atoms with Crippen LogP contribution in [-0.2, 0) is 11.2 Å². The van der Waals surface area contributed by atoms with Gasteiger partial charge in [-0.3, -0.25) is 14.5 Å². The molecule has 3 atom stereocenters. The van der Waals surface area contributed by atoms with Crippen molar-refractivity contribution in [3.05, 3.63) is 108 Å². The van der Waals surface area contributed by atoms with Gasteiger partial charge in [-0.05, 0) is 53.3 Å². The molecule has 3 unspecified atom stereocenters. The van der Waals surface area contributed by atoms with Crippen LogP contribution in [0.25, 0.3) is 21.8 Å². The van der Waals surface area contributed by atoms with E-state index in [0.29, 0.717) is 11.8 Å². The van der Waals surface area contributed by atoms with Crippen molar-refractivity contribution in [3.63, 3.8) is 0 Å². The molecule has 1 aromatic heterocycles. The van der Waals surface area contributed by atoms with Crippen molar-refractivity contribution in [3.8, 4) is 0 Å².